The summed E-state index contributed by atoms with van der Waals surface area (Å²) in [4.78, 5) is 16.4. The molecule has 1 saturated heterocycles. The molecule has 0 atom stereocenters. The Bertz CT molecular complexity index is 1310. The topological polar surface area (TPSA) is 127 Å². The fourth-order valence-corrected chi connectivity index (χ4v) is 4.59. The molecule has 15 heteroatoms. The summed E-state index contributed by atoms with van der Waals surface area (Å²) in [7, 11) is -3.29. The van der Waals surface area contributed by atoms with E-state index in [1.807, 2.05) is 23.6 Å². The van der Waals surface area contributed by atoms with Gasteiger partial charge in [-0.3, -0.25) is 0 Å². The number of hydrogen-bond donors (Lipinski definition) is 2. The first-order valence-corrected chi connectivity index (χ1v) is 12.9. The number of hydrogen-bond acceptors (Lipinski definition) is 9. The van der Waals surface area contributed by atoms with E-state index < -0.39 is 28.8 Å². The summed E-state index contributed by atoms with van der Waals surface area (Å²) in [5.41, 5.74) is 1.40. The van der Waals surface area contributed by atoms with Crippen LogP contribution in [0.2, 0.25) is 0 Å². The van der Waals surface area contributed by atoms with Gasteiger partial charge in [-0.05, 0) is 38.0 Å². The van der Waals surface area contributed by atoms with Crippen LogP contribution < -0.4 is 15.4 Å². The van der Waals surface area contributed by atoms with E-state index in [0.717, 1.165) is 17.8 Å². The molecule has 194 valence electrons. The molecule has 11 nitrogen and oxygen atoms in total. The molecule has 0 amide bonds. The van der Waals surface area contributed by atoms with Crippen LogP contribution in [0.15, 0.2) is 36.7 Å². The van der Waals surface area contributed by atoms with Crippen molar-refractivity contribution in [3.8, 4) is 11.7 Å². The lowest BCUT2D eigenvalue weighted by Gasteiger charge is -2.30. The predicted molar refractivity (Wildman–Crippen MR) is 126 cm³/mol. The average molecular weight is 527 g/mol. The highest BCUT2D eigenvalue weighted by Crippen LogP contribution is 2.23. The van der Waals surface area contributed by atoms with Crippen LogP contribution in [-0.2, 0) is 10.0 Å². The number of nitrogens with one attached hydrogen (secondary N) is 2. The fourth-order valence-electron chi connectivity index (χ4n) is 3.72. The molecule has 3 heterocycles. The van der Waals surface area contributed by atoms with E-state index in [1.165, 1.54) is 4.31 Å². The molecule has 1 fully saturated rings. The number of alkyl halides is 3. The number of aryl methyl sites for hydroxylation is 1. The summed E-state index contributed by atoms with van der Waals surface area (Å²) >= 11 is 0. The SMILES string of the molecule is Cc1nccn1-c1cccc(Nc2nc(NC3CCN(S(C)(=O)=O)CC3)nc(OCC(F)(F)F)n2)c1. The van der Waals surface area contributed by atoms with Crippen molar-refractivity contribution < 1.29 is 26.3 Å². The van der Waals surface area contributed by atoms with Crippen LogP contribution in [0.1, 0.15) is 18.7 Å². The van der Waals surface area contributed by atoms with Gasteiger partial charge in [-0.1, -0.05) is 6.07 Å². The molecule has 0 spiro atoms. The number of piperidine rings is 1. The van der Waals surface area contributed by atoms with Gasteiger partial charge in [0, 0.05) is 42.9 Å². The zero-order valence-electron chi connectivity index (χ0n) is 19.5. The summed E-state index contributed by atoms with van der Waals surface area (Å²) in [5.74, 6) is 0.783. The molecule has 3 aromatic rings. The average Bonchev–Trinajstić information content (AvgIpc) is 3.23. The number of nitrogens with zero attached hydrogens (tertiary/aromatic N) is 6. The Balaban J connectivity index is 1.54. The highest BCUT2D eigenvalue weighted by Gasteiger charge is 2.30. The molecule has 36 heavy (non-hydrogen) atoms. The van der Waals surface area contributed by atoms with Crippen molar-refractivity contribution >= 4 is 27.6 Å². The molecule has 2 N–H and O–H groups in total. The van der Waals surface area contributed by atoms with Crippen molar-refractivity contribution in [2.75, 3.05) is 36.6 Å². The van der Waals surface area contributed by atoms with Crippen molar-refractivity contribution in [3.63, 3.8) is 0 Å². The van der Waals surface area contributed by atoms with Crippen LogP contribution in [0, 0.1) is 6.92 Å². The van der Waals surface area contributed by atoms with Crippen LogP contribution in [0.5, 0.6) is 6.01 Å². The first-order chi connectivity index (χ1) is 17.0. The van der Waals surface area contributed by atoms with Crippen molar-refractivity contribution in [3.05, 3.63) is 42.5 Å². The summed E-state index contributed by atoms with van der Waals surface area (Å²) < 4.78 is 69.6. The third kappa shape index (κ3) is 6.81. The Morgan fingerprint density at radius 3 is 2.50 bits per heavy atom. The van der Waals surface area contributed by atoms with E-state index in [-0.39, 0.29) is 17.9 Å². The van der Waals surface area contributed by atoms with Gasteiger partial charge in [0.2, 0.25) is 21.9 Å². The number of halogens is 3. The van der Waals surface area contributed by atoms with Crippen LogP contribution in [0.25, 0.3) is 5.69 Å². The minimum absolute atomic E-state index is 0.0160. The molecule has 1 aliphatic rings. The normalized spacial score (nSPS) is 15.6. The molecule has 1 aliphatic heterocycles. The number of benzene rings is 1. The number of sulfonamides is 1. The fraction of sp³-hybridized carbons (Fsp3) is 0.429. The minimum atomic E-state index is -4.57. The molecule has 0 aliphatic carbocycles. The first-order valence-electron chi connectivity index (χ1n) is 11.0. The van der Waals surface area contributed by atoms with Gasteiger partial charge in [0.25, 0.3) is 0 Å². The molecule has 0 bridgehead atoms. The number of anilines is 3. The van der Waals surface area contributed by atoms with E-state index >= 15 is 0 Å². The summed E-state index contributed by atoms with van der Waals surface area (Å²) in [5, 5.41) is 6.04. The van der Waals surface area contributed by atoms with Crippen LogP contribution in [0.3, 0.4) is 0 Å². The van der Waals surface area contributed by atoms with Crippen molar-refractivity contribution in [1.29, 1.82) is 0 Å². The highest BCUT2D eigenvalue weighted by atomic mass is 32.2. The van der Waals surface area contributed by atoms with Crippen molar-refractivity contribution in [1.82, 2.24) is 28.8 Å². The summed E-state index contributed by atoms with van der Waals surface area (Å²) in [6, 6.07) is 6.56. The standard InChI is InChI=1S/C21H25F3N8O3S/c1-14-25-8-11-32(14)17-5-3-4-16(12-17)27-19-28-18(29-20(30-19)35-13-21(22,23)24)26-15-6-9-31(10-7-15)36(2,33)34/h3-5,8,11-12,15H,6-7,9-10,13H2,1-2H3,(H2,26,27,28,29,30). The van der Waals surface area contributed by atoms with E-state index in [0.29, 0.717) is 31.6 Å². The number of imidazole rings is 1. The maximum atomic E-state index is 12.7. The van der Waals surface area contributed by atoms with E-state index in [4.69, 9.17) is 4.74 Å². The second-order valence-corrected chi connectivity index (χ2v) is 10.3. The molecule has 1 aromatic carbocycles. The number of ether oxygens (including phenoxy) is 1. The van der Waals surface area contributed by atoms with Gasteiger partial charge in [0.05, 0.1) is 6.26 Å². The first kappa shape index (κ1) is 25.6. The molecule has 0 saturated carbocycles. The van der Waals surface area contributed by atoms with Crippen molar-refractivity contribution in [2.45, 2.75) is 32.0 Å². The van der Waals surface area contributed by atoms with Gasteiger partial charge in [-0.15, -0.1) is 0 Å². The zero-order chi connectivity index (χ0) is 25.9. The minimum Gasteiger partial charge on any atom is -0.454 e. The molecular weight excluding hydrogens is 501 g/mol. The Morgan fingerprint density at radius 2 is 1.86 bits per heavy atom. The predicted octanol–water partition coefficient (Wildman–Crippen LogP) is 2.89. The van der Waals surface area contributed by atoms with Crippen molar-refractivity contribution in [2.24, 2.45) is 0 Å². The van der Waals surface area contributed by atoms with Gasteiger partial charge in [0.1, 0.15) is 5.82 Å². The van der Waals surface area contributed by atoms with E-state index in [2.05, 4.69) is 30.6 Å². The molecule has 2 aromatic heterocycles. The Kier molecular flexibility index (Phi) is 7.31. The van der Waals surface area contributed by atoms with Gasteiger partial charge >= 0.3 is 12.2 Å². The maximum absolute atomic E-state index is 12.7. The second kappa shape index (κ2) is 10.3. The largest absolute Gasteiger partial charge is 0.454 e. The summed E-state index contributed by atoms with van der Waals surface area (Å²) in [6.45, 7) is 0.919. The monoisotopic (exact) mass is 526 g/mol. The van der Waals surface area contributed by atoms with Gasteiger partial charge in [-0.2, -0.15) is 28.1 Å². The van der Waals surface area contributed by atoms with Gasteiger partial charge < -0.3 is 19.9 Å². The lowest BCUT2D eigenvalue weighted by atomic mass is 10.1. The maximum Gasteiger partial charge on any atom is 0.422 e. The van der Waals surface area contributed by atoms with E-state index in [9.17, 15) is 21.6 Å². The van der Waals surface area contributed by atoms with Gasteiger partial charge in [0.15, 0.2) is 6.61 Å². The molecule has 0 unspecified atom stereocenters. The number of aromatic nitrogens is 5. The Morgan fingerprint density at radius 1 is 1.14 bits per heavy atom. The second-order valence-electron chi connectivity index (χ2n) is 8.27. The van der Waals surface area contributed by atoms with Crippen LogP contribution >= 0.6 is 0 Å². The van der Waals surface area contributed by atoms with Gasteiger partial charge in [-0.25, -0.2) is 17.7 Å². The third-order valence-corrected chi connectivity index (χ3v) is 6.75. The molecule has 0 radical (unpaired) electrons. The lowest BCUT2D eigenvalue weighted by molar-refractivity contribution is -0.154. The number of rotatable bonds is 8. The molecular formula is C21H25F3N8O3S. The van der Waals surface area contributed by atoms with Crippen LogP contribution in [0.4, 0.5) is 30.8 Å². The molecule has 4 rings (SSSR count). The highest BCUT2D eigenvalue weighted by molar-refractivity contribution is 7.88. The smallest absolute Gasteiger partial charge is 0.422 e. The Hall–Kier alpha value is -3.46. The quantitative estimate of drug-likeness (QED) is 0.455. The summed E-state index contributed by atoms with van der Waals surface area (Å²) in [6.07, 6.45) is 1.02. The zero-order valence-corrected chi connectivity index (χ0v) is 20.3. The third-order valence-electron chi connectivity index (χ3n) is 5.44. The lowest BCUT2D eigenvalue weighted by Crippen LogP contribution is -2.42. The Labute approximate surface area is 205 Å². The van der Waals surface area contributed by atoms with Crippen LogP contribution in [-0.4, -0.2) is 75.4 Å². The van der Waals surface area contributed by atoms with E-state index in [1.54, 1.807) is 24.5 Å².